The van der Waals surface area contributed by atoms with Crippen molar-refractivity contribution in [3.63, 3.8) is 0 Å². The van der Waals surface area contributed by atoms with Gasteiger partial charge in [0.25, 0.3) is 5.88 Å². The van der Waals surface area contributed by atoms with Gasteiger partial charge in [0.05, 0.1) is 36.7 Å². The maximum absolute atomic E-state index is 13.9. The highest BCUT2D eigenvalue weighted by Gasteiger charge is 2.22. The smallest absolute Gasteiger partial charge is 0.257 e. The molecule has 0 unspecified atom stereocenters. The maximum atomic E-state index is 13.9. The van der Waals surface area contributed by atoms with Gasteiger partial charge >= 0.3 is 0 Å². The number of rotatable bonds is 2. The van der Waals surface area contributed by atoms with E-state index >= 15 is 0 Å². The highest BCUT2D eigenvalue weighted by molar-refractivity contribution is 5.79. The Bertz CT molecular complexity index is 1270. The number of halogens is 1. The number of aromatic nitrogens is 7. The van der Waals surface area contributed by atoms with Crippen LogP contribution < -0.4 is 14.8 Å². The number of nitrogens with zero attached hydrogens (tertiary/aromatic N) is 7. The Morgan fingerprint density at radius 3 is 2.90 bits per heavy atom. The van der Waals surface area contributed by atoms with Crippen LogP contribution in [0.4, 0.5) is 16.0 Å². The fourth-order valence-electron chi connectivity index (χ4n) is 3.50. The van der Waals surface area contributed by atoms with Crippen molar-refractivity contribution in [3.05, 3.63) is 35.7 Å². The van der Waals surface area contributed by atoms with Crippen LogP contribution in [0.25, 0.3) is 16.7 Å². The summed E-state index contributed by atoms with van der Waals surface area (Å²) in [6.45, 7) is 4.84. The number of ether oxygens (including phenoxy) is 2. The quantitative estimate of drug-likeness (QED) is 0.538. The number of fused-ring (bicyclic) bond motifs is 2. The van der Waals surface area contributed by atoms with Gasteiger partial charge in [0, 0.05) is 25.2 Å². The summed E-state index contributed by atoms with van der Waals surface area (Å²) in [5.74, 6) is 0.503. The van der Waals surface area contributed by atoms with Crippen molar-refractivity contribution < 1.29 is 13.9 Å². The van der Waals surface area contributed by atoms with Gasteiger partial charge in [-0.05, 0) is 13.8 Å². The number of hydrogen-bond acceptors (Lipinski definition) is 8. The van der Waals surface area contributed by atoms with E-state index < -0.39 is 5.82 Å². The van der Waals surface area contributed by atoms with Crippen LogP contribution in [0.5, 0.6) is 11.8 Å². The highest BCUT2D eigenvalue weighted by Crippen LogP contribution is 2.34. The minimum Gasteiger partial charge on any atom is -0.479 e. The Hall–Kier alpha value is -3.76. The van der Waals surface area contributed by atoms with Gasteiger partial charge in [-0.1, -0.05) is 0 Å². The normalized spacial score (nSPS) is 13.5. The van der Waals surface area contributed by atoms with Gasteiger partial charge in [-0.2, -0.15) is 10.1 Å². The lowest BCUT2D eigenvalue weighted by molar-refractivity contribution is 0.288. The van der Waals surface area contributed by atoms with E-state index in [0.29, 0.717) is 48.5 Å². The molecule has 0 amide bonds. The number of anilines is 2. The zero-order valence-electron chi connectivity index (χ0n) is 16.7. The van der Waals surface area contributed by atoms with Gasteiger partial charge in [0.1, 0.15) is 17.2 Å². The molecule has 0 aromatic carbocycles. The molecule has 1 aliphatic rings. The van der Waals surface area contributed by atoms with Crippen LogP contribution in [-0.2, 0) is 6.54 Å². The number of nitrogens with one attached hydrogen (secondary N) is 1. The molecule has 2 bridgehead atoms. The Balaban J connectivity index is 1.65. The first-order chi connectivity index (χ1) is 14.5. The SMILES string of the molecule is COc1ncc(F)cc1-n1nc2c(c1C)Nc1ncc3c(C)nn(c3n1)CCCO2. The number of aryl methyl sites for hydroxylation is 2. The van der Waals surface area contributed by atoms with Crippen molar-refractivity contribution in [1.29, 1.82) is 0 Å². The molecular formula is C19H19FN8O2. The Kier molecular flexibility index (Phi) is 4.23. The Morgan fingerprint density at radius 2 is 2.07 bits per heavy atom. The third-order valence-electron chi connectivity index (χ3n) is 4.97. The molecule has 4 aromatic rings. The molecule has 5 heterocycles. The first kappa shape index (κ1) is 18.3. The third-order valence-corrected chi connectivity index (χ3v) is 4.97. The zero-order valence-corrected chi connectivity index (χ0v) is 16.7. The first-order valence-corrected chi connectivity index (χ1v) is 9.44. The fraction of sp³-hybridized carbons (Fsp3) is 0.316. The predicted molar refractivity (Wildman–Crippen MR) is 106 cm³/mol. The monoisotopic (exact) mass is 410 g/mol. The lowest BCUT2D eigenvalue weighted by Gasteiger charge is -2.09. The summed E-state index contributed by atoms with van der Waals surface area (Å²) < 4.78 is 28.5. The second kappa shape index (κ2) is 6.94. The fourth-order valence-corrected chi connectivity index (χ4v) is 3.50. The summed E-state index contributed by atoms with van der Waals surface area (Å²) in [5.41, 5.74) is 3.26. The van der Waals surface area contributed by atoms with E-state index in [1.165, 1.54) is 17.9 Å². The van der Waals surface area contributed by atoms with E-state index in [1.807, 2.05) is 18.5 Å². The summed E-state index contributed by atoms with van der Waals surface area (Å²) in [6, 6.07) is 1.31. The predicted octanol–water partition coefficient (Wildman–Crippen LogP) is 2.70. The van der Waals surface area contributed by atoms with Crippen LogP contribution >= 0.6 is 0 Å². The molecular weight excluding hydrogens is 391 g/mol. The Morgan fingerprint density at radius 1 is 1.20 bits per heavy atom. The largest absolute Gasteiger partial charge is 0.479 e. The van der Waals surface area contributed by atoms with Crippen molar-refractivity contribution in [3.8, 4) is 17.4 Å². The van der Waals surface area contributed by atoms with E-state index in [-0.39, 0.29) is 5.88 Å². The molecule has 0 radical (unpaired) electrons. The van der Waals surface area contributed by atoms with Gasteiger partial charge in [-0.25, -0.2) is 23.7 Å². The van der Waals surface area contributed by atoms with Gasteiger partial charge in [-0.3, -0.25) is 0 Å². The Labute approximate surface area is 170 Å². The summed E-state index contributed by atoms with van der Waals surface area (Å²) >= 11 is 0. The molecule has 154 valence electrons. The van der Waals surface area contributed by atoms with Crippen LogP contribution in [0, 0.1) is 19.7 Å². The van der Waals surface area contributed by atoms with Gasteiger partial charge < -0.3 is 14.8 Å². The number of methoxy groups -OCH3 is 1. The van der Waals surface area contributed by atoms with E-state index in [4.69, 9.17) is 9.47 Å². The highest BCUT2D eigenvalue weighted by atomic mass is 19.1. The molecule has 1 N–H and O–H groups in total. The van der Waals surface area contributed by atoms with Gasteiger partial charge in [0.2, 0.25) is 11.8 Å². The molecule has 4 aromatic heterocycles. The molecule has 0 saturated carbocycles. The van der Waals surface area contributed by atoms with E-state index in [2.05, 4.69) is 30.5 Å². The van der Waals surface area contributed by atoms with Crippen LogP contribution in [0.15, 0.2) is 18.5 Å². The second-order valence-electron chi connectivity index (χ2n) is 6.93. The average Bonchev–Trinajstić information content (AvgIpc) is 3.21. The van der Waals surface area contributed by atoms with Crippen molar-refractivity contribution in [1.82, 2.24) is 34.5 Å². The molecule has 1 aliphatic heterocycles. The van der Waals surface area contributed by atoms with Crippen molar-refractivity contribution in [2.45, 2.75) is 26.8 Å². The summed E-state index contributed by atoms with van der Waals surface area (Å²) in [4.78, 5) is 13.0. The molecule has 0 fully saturated rings. The topological polar surface area (TPSA) is 105 Å². The third kappa shape index (κ3) is 2.90. The zero-order chi connectivity index (χ0) is 20.8. The van der Waals surface area contributed by atoms with Gasteiger partial charge in [-0.15, -0.1) is 5.10 Å². The minimum absolute atomic E-state index is 0.248. The summed E-state index contributed by atoms with van der Waals surface area (Å²) in [5, 5.41) is 13.2. The van der Waals surface area contributed by atoms with Gasteiger partial charge in [0.15, 0.2) is 5.65 Å². The molecule has 0 saturated heterocycles. The standard InChI is InChI=1S/C19H19FN8O2/c1-10-13-9-22-19-23-15-11(2)28(14-7-12(20)8-21-17(14)29-3)26-18(15)30-6-4-5-27(25-10)16(13)24-19/h7-9H,4-6H2,1-3H3,(H,22,23,24). The van der Waals surface area contributed by atoms with E-state index in [1.54, 1.807) is 6.20 Å². The molecule has 0 aliphatic carbocycles. The first-order valence-electron chi connectivity index (χ1n) is 9.44. The minimum atomic E-state index is -0.496. The molecule has 0 atom stereocenters. The van der Waals surface area contributed by atoms with Crippen molar-refractivity contribution in [2.75, 3.05) is 19.0 Å². The second-order valence-corrected chi connectivity index (χ2v) is 6.93. The van der Waals surface area contributed by atoms with Crippen molar-refractivity contribution in [2.24, 2.45) is 0 Å². The molecule has 11 heteroatoms. The molecule has 5 rings (SSSR count). The summed E-state index contributed by atoms with van der Waals surface area (Å²) in [6.07, 6.45) is 3.56. The van der Waals surface area contributed by atoms with Crippen LogP contribution in [0.3, 0.4) is 0 Å². The molecule has 10 nitrogen and oxygen atoms in total. The average molecular weight is 410 g/mol. The molecule has 0 spiro atoms. The van der Waals surface area contributed by atoms with E-state index in [0.717, 1.165) is 22.9 Å². The lowest BCUT2D eigenvalue weighted by Crippen LogP contribution is -2.07. The lowest BCUT2D eigenvalue weighted by atomic mass is 10.3. The van der Waals surface area contributed by atoms with Crippen LogP contribution in [-0.4, -0.2) is 48.2 Å². The van der Waals surface area contributed by atoms with E-state index in [9.17, 15) is 4.39 Å². The number of pyridine rings is 1. The summed E-state index contributed by atoms with van der Waals surface area (Å²) in [7, 11) is 1.47. The van der Waals surface area contributed by atoms with Crippen LogP contribution in [0.1, 0.15) is 17.8 Å². The number of hydrogen-bond donors (Lipinski definition) is 1. The maximum Gasteiger partial charge on any atom is 0.257 e. The van der Waals surface area contributed by atoms with Crippen molar-refractivity contribution >= 4 is 22.7 Å². The molecule has 30 heavy (non-hydrogen) atoms. The van der Waals surface area contributed by atoms with Crippen LogP contribution in [0.2, 0.25) is 0 Å².